The van der Waals surface area contributed by atoms with Gasteiger partial charge in [-0.15, -0.1) is 0 Å². The first-order valence-corrected chi connectivity index (χ1v) is 4.37. The van der Waals surface area contributed by atoms with E-state index in [1.54, 1.807) is 25.2 Å². The second-order valence-electron chi connectivity index (χ2n) is 2.70. The molecule has 0 bridgehead atoms. The van der Waals surface area contributed by atoms with E-state index in [2.05, 4.69) is 10.3 Å². The number of hydrogen-bond acceptors (Lipinski definition) is 3. The van der Waals surface area contributed by atoms with Crippen LogP contribution in [0.5, 0.6) is 0 Å². The van der Waals surface area contributed by atoms with Gasteiger partial charge in [-0.1, -0.05) is 6.07 Å². The van der Waals surface area contributed by atoms with Crippen molar-refractivity contribution in [3.05, 3.63) is 29.1 Å². The van der Waals surface area contributed by atoms with Crippen molar-refractivity contribution in [1.29, 1.82) is 0 Å². The van der Waals surface area contributed by atoms with Crippen LogP contribution in [-0.2, 0) is 0 Å². The quantitative estimate of drug-likeness (QED) is 0.782. The molecule has 0 saturated carbocycles. The molecule has 0 aliphatic heterocycles. The molecule has 0 saturated heterocycles. The van der Waals surface area contributed by atoms with Gasteiger partial charge in [0.1, 0.15) is 5.52 Å². The van der Waals surface area contributed by atoms with Crippen molar-refractivity contribution in [2.45, 2.75) is 0 Å². The number of nitrogens with zero attached hydrogens (tertiary/aromatic N) is 1. The molecule has 1 N–H and O–H groups in total. The molecular weight excluding hydrogens is 204 g/mol. The van der Waals surface area contributed by atoms with Crippen molar-refractivity contribution in [2.24, 2.45) is 0 Å². The van der Waals surface area contributed by atoms with E-state index in [1.807, 2.05) is 0 Å². The Hall–Kier alpha value is -1.55. The summed E-state index contributed by atoms with van der Waals surface area (Å²) in [6.45, 7) is 0. The Morgan fingerprint density at radius 3 is 3.07 bits per heavy atom. The molecule has 0 aliphatic carbocycles. The number of carbonyl (C=O) groups excluding carboxylic acids is 1. The third-order valence-corrected chi connectivity index (χ3v) is 2.03. The highest BCUT2D eigenvalue weighted by molar-refractivity contribution is 6.28. The molecule has 1 aromatic carbocycles. The summed E-state index contributed by atoms with van der Waals surface area (Å²) in [5, 5.41) is 2.56. The molecule has 1 aromatic heterocycles. The number of benzene rings is 1. The first-order valence-electron chi connectivity index (χ1n) is 3.99. The second-order valence-corrected chi connectivity index (χ2v) is 3.02. The molecule has 2 rings (SSSR count). The zero-order chi connectivity index (χ0) is 10.1. The molecule has 1 amide bonds. The van der Waals surface area contributed by atoms with Gasteiger partial charge in [0.25, 0.3) is 11.3 Å². The van der Waals surface area contributed by atoms with Crippen molar-refractivity contribution in [1.82, 2.24) is 10.3 Å². The van der Waals surface area contributed by atoms with Crippen LogP contribution in [0.1, 0.15) is 10.4 Å². The molecule has 0 aliphatic rings. The number of para-hydroxylation sites is 1. The third kappa shape index (κ3) is 1.33. The van der Waals surface area contributed by atoms with Gasteiger partial charge in [0.05, 0.1) is 5.56 Å². The Morgan fingerprint density at radius 1 is 1.57 bits per heavy atom. The van der Waals surface area contributed by atoms with Crippen LogP contribution in [0.4, 0.5) is 0 Å². The average molecular weight is 211 g/mol. The highest BCUT2D eigenvalue weighted by Crippen LogP contribution is 2.21. The van der Waals surface area contributed by atoms with Gasteiger partial charge in [-0.05, 0) is 23.7 Å². The number of halogens is 1. The maximum Gasteiger partial charge on any atom is 0.293 e. The van der Waals surface area contributed by atoms with Crippen LogP contribution in [0.15, 0.2) is 22.6 Å². The van der Waals surface area contributed by atoms with Crippen LogP contribution < -0.4 is 5.32 Å². The molecule has 4 nitrogen and oxygen atoms in total. The van der Waals surface area contributed by atoms with E-state index in [9.17, 15) is 4.79 Å². The fraction of sp³-hybridized carbons (Fsp3) is 0.111. The predicted molar refractivity (Wildman–Crippen MR) is 52.4 cm³/mol. The molecule has 0 radical (unpaired) electrons. The minimum atomic E-state index is -0.208. The van der Waals surface area contributed by atoms with Crippen LogP contribution in [-0.4, -0.2) is 17.9 Å². The lowest BCUT2D eigenvalue weighted by molar-refractivity contribution is 0.0964. The Bertz CT molecular complexity index is 493. The smallest absolute Gasteiger partial charge is 0.293 e. The van der Waals surface area contributed by atoms with Crippen LogP contribution in [0.25, 0.3) is 11.1 Å². The average Bonchev–Trinajstić information content (AvgIpc) is 2.56. The van der Waals surface area contributed by atoms with Gasteiger partial charge < -0.3 is 9.73 Å². The van der Waals surface area contributed by atoms with Gasteiger partial charge in [0, 0.05) is 7.05 Å². The van der Waals surface area contributed by atoms with E-state index < -0.39 is 0 Å². The molecule has 14 heavy (non-hydrogen) atoms. The molecular formula is C9H7ClN2O2. The summed E-state index contributed by atoms with van der Waals surface area (Å²) in [7, 11) is 1.56. The maximum absolute atomic E-state index is 11.4. The number of amides is 1. The van der Waals surface area contributed by atoms with Crippen molar-refractivity contribution >= 4 is 28.6 Å². The first-order chi connectivity index (χ1) is 6.72. The van der Waals surface area contributed by atoms with E-state index in [0.29, 0.717) is 16.7 Å². The summed E-state index contributed by atoms with van der Waals surface area (Å²) >= 11 is 5.59. The summed E-state index contributed by atoms with van der Waals surface area (Å²) < 4.78 is 5.08. The lowest BCUT2D eigenvalue weighted by Crippen LogP contribution is -2.17. The van der Waals surface area contributed by atoms with Crippen LogP contribution >= 0.6 is 11.6 Å². The highest BCUT2D eigenvalue weighted by atomic mass is 35.5. The van der Waals surface area contributed by atoms with Gasteiger partial charge in [0.15, 0.2) is 5.58 Å². The van der Waals surface area contributed by atoms with E-state index in [-0.39, 0.29) is 11.3 Å². The number of hydrogen-bond donors (Lipinski definition) is 1. The van der Waals surface area contributed by atoms with E-state index >= 15 is 0 Å². The zero-order valence-corrected chi connectivity index (χ0v) is 8.13. The van der Waals surface area contributed by atoms with E-state index in [1.165, 1.54) is 0 Å². The number of aromatic nitrogens is 1. The first kappa shape index (κ1) is 9.02. The Kier molecular flexibility index (Phi) is 2.13. The molecule has 1 heterocycles. The normalized spacial score (nSPS) is 10.4. The minimum Gasteiger partial charge on any atom is -0.428 e. The van der Waals surface area contributed by atoms with Crippen molar-refractivity contribution < 1.29 is 9.21 Å². The van der Waals surface area contributed by atoms with Gasteiger partial charge in [-0.2, -0.15) is 4.98 Å². The summed E-state index contributed by atoms with van der Waals surface area (Å²) in [4.78, 5) is 15.3. The standard InChI is InChI=1S/C9H7ClN2O2/c1-11-8(13)5-3-2-4-6-7(5)12-9(10)14-6/h2-4H,1H3,(H,11,13). The van der Waals surface area contributed by atoms with Crippen molar-refractivity contribution in [3.63, 3.8) is 0 Å². The number of fused-ring (bicyclic) bond motifs is 1. The van der Waals surface area contributed by atoms with E-state index in [4.69, 9.17) is 16.0 Å². The van der Waals surface area contributed by atoms with Crippen molar-refractivity contribution in [3.8, 4) is 0 Å². The maximum atomic E-state index is 11.4. The monoisotopic (exact) mass is 210 g/mol. The fourth-order valence-corrected chi connectivity index (χ4v) is 1.41. The molecule has 0 atom stereocenters. The number of rotatable bonds is 1. The second kappa shape index (κ2) is 3.31. The Labute approximate surface area is 84.9 Å². The lowest BCUT2D eigenvalue weighted by atomic mass is 10.2. The molecule has 0 spiro atoms. The van der Waals surface area contributed by atoms with Crippen LogP contribution in [0.3, 0.4) is 0 Å². The summed E-state index contributed by atoms with van der Waals surface area (Å²) in [6, 6.07) is 5.09. The number of nitrogens with one attached hydrogen (secondary N) is 1. The lowest BCUT2D eigenvalue weighted by Gasteiger charge is -1.98. The number of carbonyl (C=O) groups is 1. The SMILES string of the molecule is CNC(=O)c1cccc2oc(Cl)nc12. The van der Waals surface area contributed by atoms with Crippen molar-refractivity contribution in [2.75, 3.05) is 7.05 Å². The predicted octanol–water partition coefficient (Wildman–Crippen LogP) is 1.84. The van der Waals surface area contributed by atoms with Crippen LogP contribution in [0, 0.1) is 0 Å². The molecule has 72 valence electrons. The molecule has 0 unspecified atom stereocenters. The van der Waals surface area contributed by atoms with Crippen LogP contribution in [0.2, 0.25) is 5.35 Å². The summed E-state index contributed by atoms with van der Waals surface area (Å²) in [5.41, 5.74) is 1.45. The highest BCUT2D eigenvalue weighted by Gasteiger charge is 2.12. The van der Waals surface area contributed by atoms with Gasteiger partial charge in [-0.25, -0.2) is 0 Å². The third-order valence-electron chi connectivity index (χ3n) is 1.86. The Morgan fingerprint density at radius 2 is 2.36 bits per heavy atom. The zero-order valence-electron chi connectivity index (χ0n) is 7.37. The van der Waals surface area contributed by atoms with E-state index in [0.717, 1.165) is 0 Å². The number of oxazole rings is 1. The Balaban J connectivity index is 2.70. The minimum absolute atomic E-state index is 0.0383. The molecule has 0 fully saturated rings. The summed E-state index contributed by atoms with van der Waals surface area (Å²) in [5.74, 6) is -0.208. The van der Waals surface area contributed by atoms with Gasteiger partial charge in [0.2, 0.25) is 0 Å². The van der Waals surface area contributed by atoms with Gasteiger partial charge in [-0.3, -0.25) is 4.79 Å². The molecule has 2 aromatic rings. The fourth-order valence-electron chi connectivity index (χ4n) is 1.24. The van der Waals surface area contributed by atoms with Gasteiger partial charge >= 0.3 is 0 Å². The largest absolute Gasteiger partial charge is 0.428 e. The topological polar surface area (TPSA) is 55.1 Å². The summed E-state index contributed by atoms with van der Waals surface area (Å²) in [6.07, 6.45) is 0. The molecule has 5 heteroatoms.